The van der Waals surface area contributed by atoms with Gasteiger partial charge in [-0.15, -0.1) is 0 Å². The quantitative estimate of drug-likeness (QED) is 0.711. The molecule has 2 aromatic rings. The molecule has 0 fully saturated rings. The maximum atomic E-state index is 13.1. The summed E-state index contributed by atoms with van der Waals surface area (Å²) in [5, 5.41) is 2.62. The lowest BCUT2D eigenvalue weighted by molar-refractivity contribution is -0.124. The average Bonchev–Trinajstić information content (AvgIpc) is 2.69. The van der Waals surface area contributed by atoms with E-state index in [0.717, 1.165) is 6.07 Å². The smallest absolute Gasteiger partial charge is 0.338 e. The third-order valence-electron chi connectivity index (χ3n) is 3.61. The fourth-order valence-electron chi connectivity index (χ4n) is 2.32. The molecule has 2 rings (SSSR count). The van der Waals surface area contributed by atoms with Gasteiger partial charge >= 0.3 is 5.97 Å². The van der Waals surface area contributed by atoms with E-state index >= 15 is 0 Å². The summed E-state index contributed by atoms with van der Waals surface area (Å²) in [5.41, 5.74) is 0.738. The lowest BCUT2D eigenvalue weighted by atomic mass is 10.1. The normalized spacial score (nSPS) is 10.1. The van der Waals surface area contributed by atoms with Gasteiger partial charge in [0.1, 0.15) is 5.82 Å². The second-order valence-electron chi connectivity index (χ2n) is 5.40. The van der Waals surface area contributed by atoms with Crippen molar-refractivity contribution in [2.75, 3.05) is 27.9 Å². The minimum Gasteiger partial charge on any atom is -0.493 e. The Balaban J connectivity index is 1.92. The molecule has 0 aromatic heterocycles. The second kappa shape index (κ2) is 9.42. The molecule has 1 N–H and O–H groups in total. The van der Waals surface area contributed by atoms with Crippen molar-refractivity contribution >= 4 is 11.9 Å². The van der Waals surface area contributed by atoms with Crippen LogP contribution in [0.2, 0.25) is 0 Å². The third-order valence-corrected chi connectivity index (χ3v) is 3.61. The number of rotatable bonds is 8. The fraction of sp³-hybridized carbons (Fsp3) is 0.263. The number of carbonyl (C=O) groups is 2. The molecule has 0 bridgehead atoms. The van der Waals surface area contributed by atoms with Gasteiger partial charge in [-0.2, -0.15) is 0 Å². The predicted octanol–water partition coefficient (Wildman–Crippen LogP) is 2.32. The number of ether oxygens (including phenoxy) is 4. The zero-order valence-electron chi connectivity index (χ0n) is 15.2. The number of nitrogens with one attached hydrogen (secondary N) is 1. The van der Waals surface area contributed by atoms with Crippen LogP contribution < -0.4 is 19.5 Å². The van der Waals surface area contributed by atoms with Crippen molar-refractivity contribution < 1.29 is 32.9 Å². The van der Waals surface area contributed by atoms with Crippen LogP contribution in [0.4, 0.5) is 4.39 Å². The van der Waals surface area contributed by atoms with E-state index in [1.807, 2.05) is 0 Å². The SMILES string of the molecule is COc1cc(CNC(=O)COC(=O)c2cccc(F)c2)cc(OC)c1OC. The van der Waals surface area contributed by atoms with E-state index in [4.69, 9.17) is 18.9 Å². The van der Waals surface area contributed by atoms with Crippen LogP contribution in [-0.2, 0) is 16.1 Å². The molecule has 0 aliphatic heterocycles. The Bertz CT molecular complexity index is 799. The van der Waals surface area contributed by atoms with E-state index < -0.39 is 24.3 Å². The van der Waals surface area contributed by atoms with Gasteiger partial charge in [-0.1, -0.05) is 6.07 Å². The number of methoxy groups -OCH3 is 3. The van der Waals surface area contributed by atoms with Crippen LogP contribution in [0.1, 0.15) is 15.9 Å². The van der Waals surface area contributed by atoms with Gasteiger partial charge in [0.25, 0.3) is 5.91 Å². The highest BCUT2D eigenvalue weighted by molar-refractivity contribution is 5.91. The number of benzene rings is 2. The van der Waals surface area contributed by atoms with Crippen LogP contribution in [0.5, 0.6) is 17.2 Å². The summed E-state index contributed by atoms with van der Waals surface area (Å²) in [6, 6.07) is 8.42. The molecular formula is C19H20FNO6. The van der Waals surface area contributed by atoms with Gasteiger partial charge in [-0.25, -0.2) is 9.18 Å². The molecule has 0 heterocycles. The predicted molar refractivity (Wildman–Crippen MR) is 94.6 cm³/mol. The fourth-order valence-corrected chi connectivity index (χ4v) is 2.32. The molecular weight excluding hydrogens is 357 g/mol. The standard InChI is InChI=1S/C19H20FNO6/c1-24-15-7-12(8-16(25-2)18(15)26-3)10-21-17(22)11-27-19(23)13-5-4-6-14(20)9-13/h4-9H,10-11H2,1-3H3,(H,21,22). The lowest BCUT2D eigenvalue weighted by Gasteiger charge is -2.14. The molecule has 144 valence electrons. The highest BCUT2D eigenvalue weighted by Crippen LogP contribution is 2.38. The van der Waals surface area contributed by atoms with Crippen molar-refractivity contribution in [2.24, 2.45) is 0 Å². The van der Waals surface area contributed by atoms with Crippen molar-refractivity contribution in [1.29, 1.82) is 0 Å². The van der Waals surface area contributed by atoms with Crippen molar-refractivity contribution in [3.05, 3.63) is 53.3 Å². The van der Waals surface area contributed by atoms with Crippen LogP contribution >= 0.6 is 0 Å². The zero-order valence-corrected chi connectivity index (χ0v) is 15.2. The van der Waals surface area contributed by atoms with Crippen LogP contribution in [0.15, 0.2) is 36.4 Å². The molecule has 8 heteroatoms. The summed E-state index contributed by atoms with van der Waals surface area (Å²) in [4.78, 5) is 23.7. The maximum Gasteiger partial charge on any atom is 0.338 e. The van der Waals surface area contributed by atoms with Crippen LogP contribution in [0.25, 0.3) is 0 Å². The highest BCUT2D eigenvalue weighted by Gasteiger charge is 2.14. The molecule has 0 aliphatic carbocycles. The molecule has 0 saturated heterocycles. The van der Waals surface area contributed by atoms with Gasteiger partial charge in [0, 0.05) is 6.54 Å². The molecule has 0 unspecified atom stereocenters. The minimum atomic E-state index is -0.780. The number of carbonyl (C=O) groups excluding carboxylic acids is 2. The lowest BCUT2D eigenvalue weighted by Crippen LogP contribution is -2.28. The van der Waals surface area contributed by atoms with Gasteiger partial charge in [-0.05, 0) is 35.9 Å². The van der Waals surface area contributed by atoms with Gasteiger partial charge < -0.3 is 24.3 Å². The molecule has 0 atom stereocenters. The second-order valence-corrected chi connectivity index (χ2v) is 5.40. The van der Waals surface area contributed by atoms with E-state index in [2.05, 4.69) is 5.32 Å². The maximum absolute atomic E-state index is 13.1. The van der Waals surface area contributed by atoms with Crippen LogP contribution in [0, 0.1) is 5.82 Å². The molecule has 27 heavy (non-hydrogen) atoms. The van der Waals surface area contributed by atoms with E-state index in [1.165, 1.54) is 39.5 Å². The summed E-state index contributed by atoms with van der Waals surface area (Å²) in [5.74, 6) is -0.487. The largest absolute Gasteiger partial charge is 0.493 e. The van der Waals surface area contributed by atoms with Crippen molar-refractivity contribution in [1.82, 2.24) is 5.32 Å². The van der Waals surface area contributed by atoms with Gasteiger partial charge in [0.15, 0.2) is 18.1 Å². The molecule has 0 saturated carbocycles. The Kier molecular flexibility index (Phi) is 6.99. The Morgan fingerprint density at radius 1 is 1.00 bits per heavy atom. The van der Waals surface area contributed by atoms with E-state index in [9.17, 15) is 14.0 Å². The summed E-state index contributed by atoms with van der Waals surface area (Å²) < 4.78 is 33.7. The molecule has 2 aromatic carbocycles. The number of hydrogen-bond acceptors (Lipinski definition) is 6. The first kappa shape index (κ1) is 20.0. The van der Waals surface area contributed by atoms with Crippen molar-refractivity contribution in [2.45, 2.75) is 6.54 Å². The van der Waals surface area contributed by atoms with Crippen LogP contribution in [-0.4, -0.2) is 39.8 Å². The molecule has 0 spiro atoms. The van der Waals surface area contributed by atoms with E-state index in [-0.39, 0.29) is 12.1 Å². The Morgan fingerprint density at radius 2 is 1.67 bits per heavy atom. The first-order valence-electron chi connectivity index (χ1n) is 7.96. The topological polar surface area (TPSA) is 83.1 Å². The van der Waals surface area contributed by atoms with E-state index in [1.54, 1.807) is 12.1 Å². The van der Waals surface area contributed by atoms with Gasteiger partial charge in [0.05, 0.1) is 26.9 Å². The van der Waals surface area contributed by atoms with Gasteiger partial charge in [-0.3, -0.25) is 4.79 Å². The zero-order chi connectivity index (χ0) is 19.8. The summed E-state index contributed by atoms with van der Waals surface area (Å²) >= 11 is 0. The minimum absolute atomic E-state index is 0.0347. The number of esters is 1. The monoisotopic (exact) mass is 377 g/mol. The van der Waals surface area contributed by atoms with E-state index in [0.29, 0.717) is 22.8 Å². The number of hydrogen-bond donors (Lipinski definition) is 1. The van der Waals surface area contributed by atoms with Gasteiger partial charge in [0.2, 0.25) is 5.75 Å². The first-order chi connectivity index (χ1) is 13.0. The Labute approximate surface area is 156 Å². The number of amides is 1. The third kappa shape index (κ3) is 5.34. The van der Waals surface area contributed by atoms with Crippen LogP contribution in [0.3, 0.4) is 0 Å². The summed E-state index contributed by atoms with van der Waals surface area (Å²) in [6.45, 7) is -0.327. The molecule has 1 amide bonds. The first-order valence-corrected chi connectivity index (χ1v) is 7.96. The van der Waals surface area contributed by atoms with Crippen molar-refractivity contribution in [3.8, 4) is 17.2 Å². The summed E-state index contributed by atoms with van der Waals surface area (Å²) in [7, 11) is 4.48. The average molecular weight is 377 g/mol. The molecule has 0 radical (unpaired) electrons. The Hall–Kier alpha value is -3.29. The molecule has 7 nitrogen and oxygen atoms in total. The highest BCUT2D eigenvalue weighted by atomic mass is 19.1. The molecule has 0 aliphatic rings. The van der Waals surface area contributed by atoms with Crippen molar-refractivity contribution in [3.63, 3.8) is 0 Å². The summed E-state index contributed by atoms with van der Waals surface area (Å²) in [6.07, 6.45) is 0. The number of halogens is 1. The Morgan fingerprint density at radius 3 is 2.22 bits per heavy atom.